The molecule has 0 aliphatic carbocycles. The molecule has 0 aliphatic heterocycles. The zero-order valence-electron chi connectivity index (χ0n) is 9.16. The molecule has 5 nitrogen and oxygen atoms in total. The molecule has 1 rings (SSSR count). The number of ether oxygens (including phenoxy) is 1. The number of hydrogen-bond donors (Lipinski definition) is 1. The van der Waals surface area contributed by atoms with Crippen LogP contribution in [0, 0.1) is 0 Å². The maximum absolute atomic E-state index is 11.5. The minimum atomic E-state index is -0.467. The predicted molar refractivity (Wildman–Crippen MR) is 59.3 cm³/mol. The summed E-state index contributed by atoms with van der Waals surface area (Å²) in [5.41, 5.74) is 0.383. The summed E-state index contributed by atoms with van der Waals surface area (Å²) in [6.45, 7) is 5.60. The summed E-state index contributed by atoms with van der Waals surface area (Å²) in [6, 6.07) is 0. The largest absolute Gasteiger partial charge is 0.462 e. The lowest BCUT2D eigenvalue weighted by Crippen LogP contribution is -2.18. The Morgan fingerprint density at radius 3 is 3.06 bits per heavy atom. The number of nitrogens with one attached hydrogen (secondary N) is 1. The first-order valence-electron chi connectivity index (χ1n) is 5.05. The number of H-pyrrole nitrogens is 1. The molecule has 0 aliphatic rings. The van der Waals surface area contributed by atoms with E-state index in [1.165, 1.54) is 6.20 Å². The lowest BCUT2D eigenvalue weighted by atomic mass is 10.1. The number of carbonyl (C=O) groups is 1. The molecule has 0 bridgehead atoms. The van der Waals surface area contributed by atoms with Gasteiger partial charge in [0, 0.05) is 11.9 Å². The zero-order chi connectivity index (χ0) is 12.0. The van der Waals surface area contributed by atoms with Gasteiger partial charge in [0.15, 0.2) is 0 Å². The van der Waals surface area contributed by atoms with Crippen molar-refractivity contribution in [2.24, 2.45) is 0 Å². The van der Waals surface area contributed by atoms with Crippen LogP contribution in [0.2, 0.25) is 0 Å². The number of aryl methyl sites for hydroxylation is 1. The molecule has 0 atom stereocenters. The summed E-state index contributed by atoms with van der Waals surface area (Å²) in [4.78, 5) is 28.6. The number of esters is 1. The van der Waals surface area contributed by atoms with Crippen LogP contribution >= 0.6 is 0 Å². The van der Waals surface area contributed by atoms with E-state index in [2.05, 4.69) is 16.5 Å². The Morgan fingerprint density at radius 2 is 2.44 bits per heavy atom. The first-order valence-corrected chi connectivity index (χ1v) is 5.05. The van der Waals surface area contributed by atoms with Gasteiger partial charge in [-0.05, 0) is 19.8 Å². The van der Waals surface area contributed by atoms with Crippen LogP contribution in [0.15, 0.2) is 23.6 Å². The van der Waals surface area contributed by atoms with Gasteiger partial charge in [0.1, 0.15) is 0 Å². The maximum atomic E-state index is 11.5. The van der Waals surface area contributed by atoms with Crippen molar-refractivity contribution >= 4 is 5.97 Å². The molecular weight excluding hydrogens is 208 g/mol. The van der Waals surface area contributed by atoms with Crippen molar-refractivity contribution in [3.8, 4) is 0 Å². The second-order valence-electron chi connectivity index (χ2n) is 3.13. The van der Waals surface area contributed by atoms with Gasteiger partial charge in [0.2, 0.25) is 0 Å². The summed E-state index contributed by atoms with van der Waals surface area (Å²) in [5, 5.41) is 0. The molecule has 1 heterocycles. The summed E-state index contributed by atoms with van der Waals surface area (Å²) >= 11 is 0. The fraction of sp³-hybridized carbons (Fsp3) is 0.364. The number of hydrogen-bond acceptors (Lipinski definition) is 4. The van der Waals surface area contributed by atoms with Gasteiger partial charge in [0.05, 0.1) is 12.2 Å². The van der Waals surface area contributed by atoms with Crippen LogP contribution in [0.1, 0.15) is 29.4 Å². The van der Waals surface area contributed by atoms with E-state index < -0.39 is 11.7 Å². The topological polar surface area (TPSA) is 72.0 Å². The molecule has 0 saturated carbocycles. The first kappa shape index (κ1) is 12.2. The van der Waals surface area contributed by atoms with Crippen molar-refractivity contribution in [1.29, 1.82) is 0 Å². The van der Waals surface area contributed by atoms with E-state index in [-0.39, 0.29) is 0 Å². The fourth-order valence-electron chi connectivity index (χ4n) is 1.26. The van der Waals surface area contributed by atoms with Gasteiger partial charge in [-0.25, -0.2) is 14.6 Å². The maximum Gasteiger partial charge on any atom is 0.345 e. The number of nitrogens with zero attached hydrogens (tertiary/aromatic N) is 1. The standard InChI is InChI=1S/C11H14N2O3/c1-3-5-6-9-8(10(14)16-4-2)7-12-11(15)13-9/h3,7H,1,4-6H2,2H3,(H,12,13,15). The van der Waals surface area contributed by atoms with Gasteiger partial charge in [-0.3, -0.25) is 0 Å². The highest BCUT2D eigenvalue weighted by molar-refractivity contribution is 5.90. The summed E-state index contributed by atoms with van der Waals surface area (Å²) < 4.78 is 4.86. The van der Waals surface area contributed by atoms with Crippen LogP contribution in [0.25, 0.3) is 0 Å². The molecule has 1 aromatic rings. The number of rotatable bonds is 5. The Morgan fingerprint density at radius 1 is 1.69 bits per heavy atom. The lowest BCUT2D eigenvalue weighted by Gasteiger charge is -2.06. The Hall–Kier alpha value is -1.91. The van der Waals surface area contributed by atoms with Crippen molar-refractivity contribution in [2.75, 3.05) is 6.61 Å². The van der Waals surface area contributed by atoms with Crippen molar-refractivity contribution in [3.05, 3.63) is 40.6 Å². The molecule has 0 fully saturated rings. The molecule has 0 unspecified atom stereocenters. The highest BCUT2D eigenvalue weighted by atomic mass is 16.5. The van der Waals surface area contributed by atoms with Gasteiger partial charge in [-0.2, -0.15) is 0 Å². The second kappa shape index (κ2) is 5.85. The Labute approximate surface area is 93.2 Å². The van der Waals surface area contributed by atoms with Gasteiger partial charge < -0.3 is 9.72 Å². The fourth-order valence-corrected chi connectivity index (χ4v) is 1.26. The van der Waals surface area contributed by atoms with Crippen molar-refractivity contribution in [1.82, 2.24) is 9.97 Å². The SMILES string of the molecule is C=CCCc1[nH]c(=O)ncc1C(=O)OCC. The molecule has 1 N–H and O–H groups in total. The lowest BCUT2D eigenvalue weighted by molar-refractivity contribution is 0.0524. The van der Waals surface area contributed by atoms with Crippen LogP contribution in [-0.2, 0) is 11.2 Å². The normalized spacial score (nSPS) is 9.81. The molecule has 16 heavy (non-hydrogen) atoms. The molecule has 0 spiro atoms. The smallest absolute Gasteiger partial charge is 0.345 e. The van der Waals surface area contributed by atoms with Crippen LogP contribution < -0.4 is 5.69 Å². The molecule has 0 amide bonds. The molecule has 5 heteroatoms. The van der Waals surface area contributed by atoms with Crippen molar-refractivity contribution in [2.45, 2.75) is 19.8 Å². The van der Waals surface area contributed by atoms with E-state index >= 15 is 0 Å². The summed E-state index contributed by atoms with van der Waals surface area (Å²) in [6.07, 6.45) is 4.17. The van der Waals surface area contributed by atoms with Crippen molar-refractivity contribution in [3.63, 3.8) is 0 Å². The van der Waals surface area contributed by atoms with Gasteiger partial charge >= 0.3 is 11.7 Å². The molecule has 0 aromatic carbocycles. The Balaban J connectivity index is 3.01. The number of aromatic amines is 1. The third kappa shape index (κ3) is 3.05. The predicted octanol–water partition coefficient (Wildman–Crippen LogP) is 1.07. The van der Waals surface area contributed by atoms with E-state index in [4.69, 9.17) is 4.74 Å². The monoisotopic (exact) mass is 222 g/mol. The molecule has 0 saturated heterocycles. The molecule has 0 radical (unpaired) electrons. The second-order valence-corrected chi connectivity index (χ2v) is 3.13. The summed E-state index contributed by atoms with van der Waals surface area (Å²) in [5.74, 6) is -0.467. The number of carbonyl (C=O) groups excluding carboxylic acids is 1. The third-order valence-corrected chi connectivity index (χ3v) is 1.99. The van der Waals surface area contributed by atoms with E-state index in [1.54, 1.807) is 13.0 Å². The molecule has 1 aromatic heterocycles. The Kier molecular flexibility index (Phi) is 4.44. The van der Waals surface area contributed by atoms with Crippen molar-refractivity contribution < 1.29 is 9.53 Å². The average molecular weight is 222 g/mol. The zero-order valence-corrected chi connectivity index (χ0v) is 9.16. The molecular formula is C11H14N2O3. The first-order chi connectivity index (χ1) is 7.69. The van der Waals surface area contributed by atoms with E-state index in [0.717, 1.165) is 0 Å². The van der Waals surface area contributed by atoms with E-state index in [0.29, 0.717) is 30.7 Å². The van der Waals surface area contributed by atoms with Gasteiger partial charge in [-0.15, -0.1) is 6.58 Å². The minimum Gasteiger partial charge on any atom is -0.462 e. The van der Waals surface area contributed by atoms with Gasteiger partial charge in [-0.1, -0.05) is 6.08 Å². The van der Waals surface area contributed by atoms with Crippen LogP contribution in [-0.4, -0.2) is 22.5 Å². The van der Waals surface area contributed by atoms with E-state index in [9.17, 15) is 9.59 Å². The third-order valence-electron chi connectivity index (χ3n) is 1.99. The minimum absolute atomic E-state index is 0.291. The average Bonchev–Trinajstić information content (AvgIpc) is 2.26. The quantitative estimate of drug-likeness (QED) is 0.597. The number of aromatic nitrogens is 2. The Bertz CT molecular complexity index is 437. The molecule has 86 valence electrons. The van der Waals surface area contributed by atoms with Gasteiger partial charge in [0.25, 0.3) is 0 Å². The van der Waals surface area contributed by atoms with Crippen LogP contribution in [0.5, 0.6) is 0 Å². The highest BCUT2D eigenvalue weighted by Gasteiger charge is 2.13. The van der Waals surface area contributed by atoms with Crippen LogP contribution in [0.3, 0.4) is 0 Å². The highest BCUT2D eigenvalue weighted by Crippen LogP contribution is 2.07. The van der Waals surface area contributed by atoms with Crippen LogP contribution in [0.4, 0.5) is 0 Å². The van der Waals surface area contributed by atoms with E-state index in [1.807, 2.05) is 0 Å². The summed E-state index contributed by atoms with van der Waals surface area (Å²) in [7, 11) is 0. The number of allylic oxidation sites excluding steroid dienone is 1.